The zero-order chi connectivity index (χ0) is 14.0. The molecule has 5 nitrogen and oxygen atoms in total. The van der Waals surface area contributed by atoms with E-state index in [0.717, 1.165) is 0 Å². The molecule has 0 saturated carbocycles. The molecule has 0 aliphatic carbocycles. The van der Waals surface area contributed by atoms with E-state index >= 15 is 0 Å². The molecule has 1 aromatic carbocycles. The molecule has 5 heteroatoms. The number of amides is 2. The Morgan fingerprint density at radius 2 is 1.95 bits per heavy atom. The van der Waals surface area contributed by atoms with Gasteiger partial charge in [-0.15, -0.1) is 0 Å². The van der Waals surface area contributed by atoms with Crippen LogP contribution in [-0.4, -0.2) is 22.9 Å². The minimum atomic E-state index is -1.18. The number of imide groups is 1. The highest BCUT2D eigenvalue weighted by Crippen LogP contribution is 2.39. The number of piperidine rings is 1. The largest absolute Gasteiger partial charge is 0.481 e. The SMILES string of the molecule is CC(C(=O)O)C1(c2ccccc2)CCC(=O)NC1=O. The highest BCUT2D eigenvalue weighted by Gasteiger charge is 2.50. The normalized spacial score (nSPS) is 24.7. The molecule has 2 rings (SSSR count). The zero-order valence-corrected chi connectivity index (χ0v) is 10.6. The second-order valence-electron chi connectivity index (χ2n) is 4.77. The second-order valence-corrected chi connectivity index (χ2v) is 4.77. The Bertz CT molecular complexity index is 526. The quantitative estimate of drug-likeness (QED) is 0.797. The molecule has 0 aromatic heterocycles. The average molecular weight is 261 g/mol. The summed E-state index contributed by atoms with van der Waals surface area (Å²) in [6, 6.07) is 8.78. The number of hydrogen-bond donors (Lipinski definition) is 2. The Labute approximate surface area is 110 Å². The summed E-state index contributed by atoms with van der Waals surface area (Å²) >= 11 is 0. The van der Waals surface area contributed by atoms with Crippen molar-refractivity contribution in [1.82, 2.24) is 5.32 Å². The van der Waals surface area contributed by atoms with Gasteiger partial charge in [-0.1, -0.05) is 37.3 Å². The van der Waals surface area contributed by atoms with Crippen molar-refractivity contribution >= 4 is 17.8 Å². The summed E-state index contributed by atoms with van der Waals surface area (Å²) in [5, 5.41) is 11.5. The molecule has 0 radical (unpaired) electrons. The van der Waals surface area contributed by atoms with Crippen LogP contribution in [0.1, 0.15) is 25.3 Å². The predicted octanol–water partition coefficient (Wildman–Crippen LogP) is 1.08. The van der Waals surface area contributed by atoms with E-state index in [2.05, 4.69) is 5.32 Å². The summed E-state index contributed by atoms with van der Waals surface area (Å²) in [7, 11) is 0. The first-order valence-electron chi connectivity index (χ1n) is 6.11. The van der Waals surface area contributed by atoms with Crippen LogP contribution in [0.2, 0.25) is 0 Å². The molecule has 1 aromatic rings. The Balaban J connectivity index is 2.54. The van der Waals surface area contributed by atoms with Gasteiger partial charge in [0.15, 0.2) is 0 Å². The maximum Gasteiger partial charge on any atom is 0.307 e. The third kappa shape index (κ3) is 2.12. The summed E-state index contributed by atoms with van der Waals surface area (Å²) < 4.78 is 0. The van der Waals surface area contributed by atoms with Crippen LogP contribution in [0.3, 0.4) is 0 Å². The molecule has 1 aliphatic heterocycles. The lowest BCUT2D eigenvalue weighted by Crippen LogP contribution is -2.56. The molecule has 0 bridgehead atoms. The number of benzene rings is 1. The third-order valence-corrected chi connectivity index (χ3v) is 3.80. The number of carbonyl (C=O) groups is 3. The standard InChI is InChI=1S/C14H15NO4/c1-9(12(17)18)14(10-5-3-2-4-6-10)8-7-11(16)15-13(14)19/h2-6,9H,7-8H2,1H3,(H,17,18)(H,15,16,19). The minimum Gasteiger partial charge on any atom is -0.481 e. The zero-order valence-electron chi connectivity index (χ0n) is 10.6. The number of hydrogen-bond acceptors (Lipinski definition) is 3. The number of nitrogens with one attached hydrogen (secondary N) is 1. The number of carboxylic acid groups (broad SMARTS) is 1. The fourth-order valence-corrected chi connectivity index (χ4v) is 2.61. The lowest BCUT2D eigenvalue weighted by molar-refractivity contribution is -0.151. The van der Waals surface area contributed by atoms with Crippen molar-refractivity contribution in [2.24, 2.45) is 5.92 Å². The van der Waals surface area contributed by atoms with Gasteiger partial charge < -0.3 is 5.11 Å². The number of carboxylic acids is 1. The Hall–Kier alpha value is -2.17. The molecule has 0 spiro atoms. The van der Waals surface area contributed by atoms with Crippen LogP contribution in [-0.2, 0) is 19.8 Å². The summed E-state index contributed by atoms with van der Waals surface area (Å²) in [5.74, 6) is -2.82. The maximum atomic E-state index is 12.3. The summed E-state index contributed by atoms with van der Waals surface area (Å²) in [6.45, 7) is 1.50. The highest BCUT2D eigenvalue weighted by atomic mass is 16.4. The molecule has 2 amide bonds. The Kier molecular flexibility index (Phi) is 3.38. The fourth-order valence-electron chi connectivity index (χ4n) is 2.61. The average Bonchev–Trinajstić information content (AvgIpc) is 2.39. The number of carbonyl (C=O) groups excluding carboxylic acids is 2. The first kappa shape index (κ1) is 13.3. The lowest BCUT2D eigenvalue weighted by atomic mass is 9.66. The molecule has 1 aliphatic rings. The van der Waals surface area contributed by atoms with Gasteiger partial charge >= 0.3 is 5.97 Å². The molecule has 19 heavy (non-hydrogen) atoms. The predicted molar refractivity (Wildman–Crippen MR) is 67.3 cm³/mol. The van der Waals surface area contributed by atoms with Crippen molar-refractivity contribution in [3.05, 3.63) is 35.9 Å². The highest BCUT2D eigenvalue weighted by molar-refractivity contribution is 6.05. The van der Waals surface area contributed by atoms with Gasteiger partial charge in [-0.05, 0) is 12.0 Å². The van der Waals surface area contributed by atoms with E-state index < -0.39 is 23.2 Å². The van der Waals surface area contributed by atoms with Gasteiger partial charge in [0.25, 0.3) is 0 Å². The summed E-state index contributed by atoms with van der Waals surface area (Å²) in [4.78, 5) is 34.9. The minimum absolute atomic E-state index is 0.151. The van der Waals surface area contributed by atoms with Gasteiger partial charge in [0.1, 0.15) is 0 Å². The first-order valence-corrected chi connectivity index (χ1v) is 6.11. The lowest BCUT2D eigenvalue weighted by Gasteiger charge is -2.38. The van der Waals surface area contributed by atoms with Crippen molar-refractivity contribution in [2.45, 2.75) is 25.2 Å². The van der Waals surface area contributed by atoms with E-state index in [1.165, 1.54) is 6.92 Å². The molecule has 100 valence electrons. The van der Waals surface area contributed by atoms with Crippen molar-refractivity contribution in [2.75, 3.05) is 0 Å². The third-order valence-electron chi connectivity index (χ3n) is 3.80. The van der Waals surface area contributed by atoms with E-state index in [9.17, 15) is 19.5 Å². The van der Waals surface area contributed by atoms with Gasteiger partial charge in [-0.2, -0.15) is 0 Å². The molecule has 2 N–H and O–H groups in total. The van der Waals surface area contributed by atoms with E-state index in [0.29, 0.717) is 5.56 Å². The Morgan fingerprint density at radius 1 is 1.32 bits per heavy atom. The van der Waals surface area contributed by atoms with Crippen molar-refractivity contribution in [1.29, 1.82) is 0 Å². The van der Waals surface area contributed by atoms with E-state index in [1.807, 2.05) is 0 Å². The second kappa shape index (κ2) is 4.84. The smallest absolute Gasteiger partial charge is 0.307 e. The van der Waals surface area contributed by atoms with Gasteiger partial charge in [0.2, 0.25) is 11.8 Å². The van der Waals surface area contributed by atoms with E-state index in [1.54, 1.807) is 30.3 Å². The number of aliphatic carboxylic acids is 1. The van der Waals surface area contributed by atoms with Crippen LogP contribution in [0.4, 0.5) is 0 Å². The van der Waals surface area contributed by atoms with Crippen LogP contribution in [0, 0.1) is 5.92 Å². The van der Waals surface area contributed by atoms with Crippen molar-refractivity contribution in [3.8, 4) is 0 Å². The van der Waals surface area contributed by atoms with Crippen LogP contribution in [0.25, 0.3) is 0 Å². The summed E-state index contributed by atoms with van der Waals surface area (Å²) in [6.07, 6.45) is 0.368. The van der Waals surface area contributed by atoms with Crippen LogP contribution >= 0.6 is 0 Å². The van der Waals surface area contributed by atoms with E-state index in [4.69, 9.17) is 0 Å². The van der Waals surface area contributed by atoms with Gasteiger partial charge in [-0.25, -0.2) is 0 Å². The van der Waals surface area contributed by atoms with Crippen molar-refractivity contribution in [3.63, 3.8) is 0 Å². The first-order chi connectivity index (χ1) is 8.98. The maximum absolute atomic E-state index is 12.3. The molecule has 1 heterocycles. The summed E-state index contributed by atoms with van der Waals surface area (Å²) in [5.41, 5.74) is -0.545. The molecular formula is C14H15NO4. The molecule has 1 fully saturated rings. The van der Waals surface area contributed by atoms with Crippen LogP contribution in [0.5, 0.6) is 0 Å². The monoisotopic (exact) mass is 261 g/mol. The van der Waals surface area contributed by atoms with Crippen LogP contribution in [0.15, 0.2) is 30.3 Å². The molecule has 2 unspecified atom stereocenters. The van der Waals surface area contributed by atoms with Crippen molar-refractivity contribution < 1.29 is 19.5 Å². The molecule has 2 atom stereocenters. The topological polar surface area (TPSA) is 83.5 Å². The van der Waals surface area contributed by atoms with E-state index in [-0.39, 0.29) is 18.7 Å². The van der Waals surface area contributed by atoms with Crippen LogP contribution < -0.4 is 5.32 Å². The van der Waals surface area contributed by atoms with Gasteiger partial charge in [-0.3, -0.25) is 19.7 Å². The molecular weight excluding hydrogens is 246 g/mol. The van der Waals surface area contributed by atoms with Gasteiger partial charge in [0.05, 0.1) is 11.3 Å². The molecule has 1 saturated heterocycles. The van der Waals surface area contributed by atoms with Gasteiger partial charge in [0, 0.05) is 6.42 Å². The fraction of sp³-hybridized carbons (Fsp3) is 0.357. The number of rotatable bonds is 3. The Morgan fingerprint density at radius 3 is 2.47 bits per heavy atom.